The van der Waals surface area contributed by atoms with Crippen molar-refractivity contribution in [2.45, 2.75) is 0 Å². The average Bonchev–Trinajstić information content (AvgIpc) is 3.62. The minimum absolute atomic E-state index is 0.609. The van der Waals surface area contributed by atoms with Crippen LogP contribution in [-0.2, 0) is 0 Å². The molecule has 0 saturated heterocycles. The lowest BCUT2D eigenvalue weighted by Gasteiger charge is -2.11. The molecule has 0 bridgehead atoms. The summed E-state index contributed by atoms with van der Waals surface area (Å²) in [6.07, 6.45) is 5.40. The second-order valence-corrected chi connectivity index (χ2v) is 9.46. The number of thiophene rings is 1. The highest BCUT2D eigenvalue weighted by Gasteiger charge is 2.17. The number of fused-ring (bicyclic) bond motifs is 2. The molecular formula is C26H23N7OS. The lowest BCUT2D eigenvalue weighted by atomic mass is 10.0. The summed E-state index contributed by atoms with van der Waals surface area (Å²) in [6, 6.07) is 14.2. The molecule has 0 radical (unpaired) electrons. The maximum absolute atomic E-state index is 5.88. The van der Waals surface area contributed by atoms with Gasteiger partial charge in [0.25, 0.3) is 0 Å². The van der Waals surface area contributed by atoms with E-state index in [9.17, 15) is 0 Å². The van der Waals surface area contributed by atoms with E-state index in [4.69, 9.17) is 9.72 Å². The second kappa shape index (κ2) is 8.94. The van der Waals surface area contributed by atoms with Crippen molar-refractivity contribution in [1.29, 1.82) is 0 Å². The SMILES string of the molecule is CN(C)CCOc1cncc(-c2ccc3[nH]nc(-c4nc5c(-c6cccs6)nccc5[nH]4)c3c2)c1. The summed E-state index contributed by atoms with van der Waals surface area (Å²) in [6.45, 7) is 1.45. The van der Waals surface area contributed by atoms with Gasteiger partial charge in [0, 0.05) is 29.9 Å². The number of imidazole rings is 1. The number of hydrogen-bond donors (Lipinski definition) is 2. The van der Waals surface area contributed by atoms with Crippen molar-refractivity contribution >= 4 is 33.3 Å². The highest BCUT2D eigenvalue weighted by atomic mass is 32.1. The van der Waals surface area contributed by atoms with Gasteiger partial charge in [0.05, 0.1) is 22.1 Å². The Labute approximate surface area is 205 Å². The molecule has 6 rings (SSSR count). The molecule has 8 nitrogen and oxygen atoms in total. The molecule has 0 amide bonds. The maximum Gasteiger partial charge on any atom is 0.159 e. The molecule has 0 aliphatic heterocycles. The fourth-order valence-electron chi connectivity index (χ4n) is 4.02. The van der Waals surface area contributed by atoms with Gasteiger partial charge in [-0.1, -0.05) is 12.1 Å². The van der Waals surface area contributed by atoms with Gasteiger partial charge in [-0.15, -0.1) is 11.3 Å². The Bertz CT molecular complexity index is 1620. The summed E-state index contributed by atoms with van der Waals surface area (Å²) in [5.41, 5.74) is 6.35. The van der Waals surface area contributed by atoms with Gasteiger partial charge in [-0.05, 0) is 55.4 Å². The largest absolute Gasteiger partial charge is 0.491 e. The van der Waals surface area contributed by atoms with E-state index in [2.05, 4.69) is 48.2 Å². The molecule has 1 aromatic carbocycles. The molecule has 0 spiro atoms. The first-order valence-electron chi connectivity index (χ1n) is 11.3. The fraction of sp³-hybridized carbons (Fsp3) is 0.154. The molecule has 9 heteroatoms. The molecule has 0 fully saturated rings. The molecule has 0 saturated carbocycles. The first-order chi connectivity index (χ1) is 17.2. The Morgan fingerprint density at radius 3 is 2.80 bits per heavy atom. The Hall–Kier alpha value is -4.08. The van der Waals surface area contributed by atoms with E-state index in [1.807, 2.05) is 49.9 Å². The van der Waals surface area contributed by atoms with Crippen LogP contribution in [0.4, 0.5) is 0 Å². The van der Waals surface area contributed by atoms with Crippen molar-refractivity contribution in [2.75, 3.05) is 27.2 Å². The highest BCUT2D eigenvalue weighted by molar-refractivity contribution is 7.13. The van der Waals surface area contributed by atoms with Crippen molar-refractivity contribution in [3.63, 3.8) is 0 Å². The number of ether oxygens (including phenoxy) is 1. The van der Waals surface area contributed by atoms with Crippen molar-refractivity contribution in [2.24, 2.45) is 0 Å². The van der Waals surface area contributed by atoms with Crippen molar-refractivity contribution in [1.82, 2.24) is 35.0 Å². The zero-order chi connectivity index (χ0) is 23.8. The molecule has 0 atom stereocenters. The lowest BCUT2D eigenvalue weighted by Crippen LogP contribution is -2.19. The summed E-state index contributed by atoms with van der Waals surface area (Å²) in [4.78, 5) is 20.5. The van der Waals surface area contributed by atoms with Gasteiger partial charge in [-0.2, -0.15) is 5.10 Å². The van der Waals surface area contributed by atoms with E-state index < -0.39 is 0 Å². The third-order valence-corrected chi connectivity index (χ3v) is 6.67. The van der Waals surface area contributed by atoms with Crippen LogP contribution in [0.3, 0.4) is 0 Å². The van der Waals surface area contributed by atoms with E-state index in [1.165, 1.54) is 0 Å². The van der Waals surface area contributed by atoms with Crippen LogP contribution in [0.15, 0.2) is 66.4 Å². The molecule has 0 aliphatic rings. The first-order valence-corrected chi connectivity index (χ1v) is 12.1. The summed E-state index contributed by atoms with van der Waals surface area (Å²) in [5.74, 6) is 1.45. The zero-order valence-electron chi connectivity index (χ0n) is 19.3. The van der Waals surface area contributed by atoms with Gasteiger partial charge in [0.2, 0.25) is 0 Å². The van der Waals surface area contributed by atoms with Crippen molar-refractivity contribution in [3.05, 3.63) is 66.4 Å². The highest BCUT2D eigenvalue weighted by Crippen LogP contribution is 2.33. The summed E-state index contributed by atoms with van der Waals surface area (Å²) in [7, 11) is 4.05. The van der Waals surface area contributed by atoms with Crippen LogP contribution in [0.2, 0.25) is 0 Å². The molecule has 5 heterocycles. The normalized spacial score (nSPS) is 11.6. The van der Waals surface area contributed by atoms with Crippen LogP contribution in [0.5, 0.6) is 5.75 Å². The van der Waals surface area contributed by atoms with Gasteiger partial charge < -0.3 is 14.6 Å². The van der Waals surface area contributed by atoms with Crippen LogP contribution in [0.25, 0.3) is 55.2 Å². The topological polar surface area (TPSA) is 95.6 Å². The number of H-pyrrole nitrogens is 2. The summed E-state index contributed by atoms with van der Waals surface area (Å²) < 4.78 is 5.88. The van der Waals surface area contributed by atoms with Gasteiger partial charge in [-0.25, -0.2) is 4.98 Å². The van der Waals surface area contributed by atoms with Gasteiger partial charge in [0.1, 0.15) is 29.3 Å². The van der Waals surface area contributed by atoms with Gasteiger partial charge in [0.15, 0.2) is 5.82 Å². The Balaban J connectivity index is 1.38. The standard InChI is InChI=1S/C26H23N7OS/c1-33(2)9-10-34-18-12-17(14-27-15-18)16-5-6-20-19(13-16)23(32-31-20)26-29-21-7-8-28-25(24(21)30-26)22-4-3-11-35-22/h3-8,11-15H,9-10H2,1-2H3,(H,29,30)(H,31,32). The number of aromatic amines is 2. The van der Waals surface area contributed by atoms with Crippen molar-refractivity contribution < 1.29 is 4.74 Å². The molecular weight excluding hydrogens is 458 g/mol. The monoisotopic (exact) mass is 481 g/mol. The number of rotatable bonds is 7. The number of hydrogen-bond acceptors (Lipinski definition) is 7. The smallest absolute Gasteiger partial charge is 0.159 e. The Morgan fingerprint density at radius 2 is 1.94 bits per heavy atom. The predicted octanol–water partition coefficient (Wildman–Crippen LogP) is 5.23. The fourth-order valence-corrected chi connectivity index (χ4v) is 4.74. The van der Waals surface area contributed by atoms with Crippen molar-refractivity contribution in [3.8, 4) is 39.0 Å². The van der Waals surface area contributed by atoms with Crippen LogP contribution >= 0.6 is 11.3 Å². The number of nitrogens with one attached hydrogen (secondary N) is 2. The molecule has 174 valence electrons. The van der Waals surface area contributed by atoms with Crippen LogP contribution in [0, 0.1) is 0 Å². The predicted molar refractivity (Wildman–Crippen MR) is 140 cm³/mol. The molecule has 0 aliphatic carbocycles. The van der Waals surface area contributed by atoms with E-state index >= 15 is 0 Å². The number of benzene rings is 1. The molecule has 2 N–H and O–H groups in total. The van der Waals surface area contributed by atoms with E-state index in [-0.39, 0.29) is 0 Å². The molecule has 35 heavy (non-hydrogen) atoms. The third-order valence-electron chi connectivity index (χ3n) is 5.80. The van der Waals surface area contributed by atoms with E-state index in [1.54, 1.807) is 23.7 Å². The number of nitrogens with zero attached hydrogens (tertiary/aromatic N) is 5. The van der Waals surface area contributed by atoms with Crippen LogP contribution in [-0.4, -0.2) is 62.3 Å². The lowest BCUT2D eigenvalue weighted by molar-refractivity contribution is 0.261. The molecule has 6 aromatic rings. The maximum atomic E-state index is 5.88. The number of aromatic nitrogens is 6. The molecule has 0 unspecified atom stereocenters. The Kier molecular flexibility index (Phi) is 5.48. The van der Waals surface area contributed by atoms with Gasteiger partial charge >= 0.3 is 0 Å². The van der Waals surface area contributed by atoms with Crippen LogP contribution in [0.1, 0.15) is 0 Å². The second-order valence-electron chi connectivity index (χ2n) is 8.51. The number of likely N-dealkylation sites (N-methyl/N-ethyl adjacent to an activating group) is 1. The third kappa shape index (κ3) is 4.16. The zero-order valence-corrected chi connectivity index (χ0v) is 20.1. The van der Waals surface area contributed by atoms with Gasteiger partial charge in [-0.3, -0.25) is 15.1 Å². The average molecular weight is 482 g/mol. The first kappa shape index (κ1) is 21.5. The quantitative estimate of drug-likeness (QED) is 0.324. The van der Waals surface area contributed by atoms with Crippen LogP contribution < -0.4 is 4.74 Å². The summed E-state index contributed by atoms with van der Waals surface area (Å²) >= 11 is 1.65. The number of pyridine rings is 2. The minimum Gasteiger partial charge on any atom is -0.491 e. The molecule has 5 aromatic heterocycles. The van der Waals surface area contributed by atoms with E-state index in [0.717, 1.165) is 61.6 Å². The Morgan fingerprint density at radius 1 is 1.00 bits per heavy atom. The minimum atomic E-state index is 0.609. The summed E-state index contributed by atoms with van der Waals surface area (Å²) in [5, 5.41) is 10.7. The van der Waals surface area contributed by atoms with E-state index in [0.29, 0.717) is 12.4 Å².